The largest absolute Gasteiger partial charge is 0.398 e. The van der Waals surface area contributed by atoms with E-state index < -0.39 is 0 Å². The Morgan fingerprint density at radius 1 is 1.42 bits per heavy atom. The standard InChI is InChI=1S/C13H18ClN3O2/c1-8(2)16-11(18)7-17(3)13(19)9-5-4-6-10(15)12(9)14/h4-6,8H,7,15H2,1-3H3,(H,16,18). The smallest absolute Gasteiger partial charge is 0.255 e. The van der Waals surface area contributed by atoms with Crippen molar-refractivity contribution in [1.82, 2.24) is 10.2 Å². The third-order valence-corrected chi connectivity index (χ3v) is 2.86. The topological polar surface area (TPSA) is 75.4 Å². The molecule has 0 heterocycles. The molecule has 0 spiro atoms. The second kappa shape index (κ2) is 6.43. The van der Waals surface area contributed by atoms with Crippen LogP contribution in [-0.2, 0) is 4.79 Å². The number of nitrogens with zero attached hydrogens (tertiary/aromatic N) is 1. The van der Waals surface area contributed by atoms with Crippen molar-refractivity contribution < 1.29 is 9.59 Å². The maximum absolute atomic E-state index is 12.1. The summed E-state index contributed by atoms with van der Waals surface area (Å²) in [5, 5.41) is 2.93. The summed E-state index contributed by atoms with van der Waals surface area (Å²) in [6.45, 7) is 3.69. The lowest BCUT2D eigenvalue weighted by Crippen LogP contribution is -2.40. The van der Waals surface area contributed by atoms with Gasteiger partial charge in [0, 0.05) is 13.1 Å². The van der Waals surface area contributed by atoms with Crippen LogP contribution in [0.2, 0.25) is 5.02 Å². The van der Waals surface area contributed by atoms with Gasteiger partial charge in [0.15, 0.2) is 0 Å². The second-order valence-corrected chi connectivity index (χ2v) is 4.97. The van der Waals surface area contributed by atoms with Gasteiger partial charge in [-0.05, 0) is 26.0 Å². The quantitative estimate of drug-likeness (QED) is 0.823. The number of benzene rings is 1. The van der Waals surface area contributed by atoms with Gasteiger partial charge in [-0.25, -0.2) is 0 Å². The molecule has 0 fully saturated rings. The number of likely N-dealkylation sites (N-methyl/N-ethyl adjacent to an activating group) is 1. The van der Waals surface area contributed by atoms with E-state index in [0.717, 1.165) is 0 Å². The number of nitrogens with two attached hydrogens (primary N) is 1. The van der Waals surface area contributed by atoms with Crippen molar-refractivity contribution >= 4 is 29.1 Å². The number of nitrogens with one attached hydrogen (secondary N) is 1. The van der Waals surface area contributed by atoms with Gasteiger partial charge in [0.05, 0.1) is 22.8 Å². The van der Waals surface area contributed by atoms with E-state index in [9.17, 15) is 9.59 Å². The molecule has 104 valence electrons. The number of anilines is 1. The lowest BCUT2D eigenvalue weighted by Gasteiger charge is -2.18. The Morgan fingerprint density at radius 2 is 2.05 bits per heavy atom. The van der Waals surface area contributed by atoms with Crippen molar-refractivity contribution in [3.05, 3.63) is 28.8 Å². The minimum absolute atomic E-state index is 0.0257. The number of hydrogen-bond acceptors (Lipinski definition) is 3. The van der Waals surface area contributed by atoms with Gasteiger partial charge in [-0.3, -0.25) is 9.59 Å². The van der Waals surface area contributed by atoms with Crippen LogP contribution in [0.25, 0.3) is 0 Å². The van der Waals surface area contributed by atoms with Crippen LogP contribution in [0, 0.1) is 0 Å². The third-order valence-electron chi connectivity index (χ3n) is 2.44. The fourth-order valence-electron chi connectivity index (χ4n) is 1.58. The Bertz CT molecular complexity index is 489. The number of carbonyl (C=O) groups excluding carboxylic acids is 2. The Morgan fingerprint density at radius 3 is 2.63 bits per heavy atom. The number of nitrogen functional groups attached to an aromatic ring is 1. The molecule has 5 nitrogen and oxygen atoms in total. The summed E-state index contributed by atoms with van der Waals surface area (Å²) in [6.07, 6.45) is 0. The molecular weight excluding hydrogens is 266 g/mol. The predicted molar refractivity (Wildman–Crippen MR) is 76.1 cm³/mol. The fraction of sp³-hybridized carbons (Fsp3) is 0.385. The molecule has 0 saturated heterocycles. The van der Waals surface area contributed by atoms with E-state index in [1.165, 1.54) is 4.90 Å². The van der Waals surface area contributed by atoms with Crippen LogP contribution in [0.3, 0.4) is 0 Å². The molecule has 0 unspecified atom stereocenters. The SMILES string of the molecule is CC(C)NC(=O)CN(C)C(=O)c1cccc(N)c1Cl. The van der Waals surface area contributed by atoms with Gasteiger partial charge < -0.3 is 16.0 Å². The maximum Gasteiger partial charge on any atom is 0.255 e. The van der Waals surface area contributed by atoms with Crippen LogP contribution in [0.15, 0.2) is 18.2 Å². The summed E-state index contributed by atoms with van der Waals surface area (Å²) in [4.78, 5) is 25.0. The van der Waals surface area contributed by atoms with Crippen LogP contribution in [0.1, 0.15) is 24.2 Å². The summed E-state index contributed by atoms with van der Waals surface area (Å²) in [6, 6.07) is 4.88. The number of rotatable bonds is 4. The Labute approximate surface area is 117 Å². The molecule has 0 radical (unpaired) electrons. The molecule has 0 bridgehead atoms. The predicted octanol–water partition coefficient (Wildman–Crippen LogP) is 1.52. The molecule has 0 aromatic heterocycles. The van der Waals surface area contributed by atoms with Crippen molar-refractivity contribution in [2.75, 3.05) is 19.3 Å². The lowest BCUT2D eigenvalue weighted by atomic mass is 10.1. The van der Waals surface area contributed by atoms with Crippen molar-refractivity contribution in [1.29, 1.82) is 0 Å². The average molecular weight is 284 g/mol. The van der Waals surface area contributed by atoms with Crippen LogP contribution < -0.4 is 11.1 Å². The van der Waals surface area contributed by atoms with Crippen molar-refractivity contribution in [3.63, 3.8) is 0 Å². The van der Waals surface area contributed by atoms with Crippen LogP contribution in [0.5, 0.6) is 0 Å². The van der Waals surface area contributed by atoms with E-state index in [1.54, 1.807) is 25.2 Å². The first-order valence-corrected chi connectivity index (χ1v) is 6.29. The molecule has 6 heteroatoms. The highest BCUT2D eigenvalue weighted by molar-refractivity contribution is 6.36. The van der Waals surface area contributed by atoms with Gasteiger partial charge in [0.2, 0.25) is 5.91 Å². The van der Waals surface area contributed by atoms with Crippen LogP contribution >= 0.6 is 11.6 Å². The summed E-state index contributed by atoms with van der Waals surface area (Å²) in [5.74, 6) is -0.554. The van der Waals surface area contributed by atoms with Gasteiger partial charge in [0.1, 0.15) is 0 Å². The minimum Gasteiger partial charge on any atom is -0.398 e. The van der Waals surface area contributed by atoms with Crippen molar-refractivity contribution in [3.8, 4) is 0 Å². The van der Waals surface area contributed by atoms with Crippen LogP contribution in [-0.4, -0.2) is 36.3 Å². The molecule has 1 rings (SSSR count). The fourth-order valence-corrected chi connectivity index (χ4v) is 1.78. The van der Waals surface area contributed by atoms with E-state index in [2.05, 4.69) is 5.32 Å². The number of amides is 2. The van der Waals surface area contributed by atoms with E-state index in [1.807, 2.05) is 13.8 Å². The molecular formula is C13H18ClN3O2. The Balaban J connectivity index is 2.77. The van der Waals surface area contributed by atoms with Gasteiger partial charge in [0.25, 0.3) is 5.91 Å². The lowest BCUT2D eigenvalue weighted by molar-refractivity contribution is -0.122. The molecule has 0 saturated carbocycles. The van der Waals surface area contributed by atoms with E-state index in [4.69, 9.17) is 17.3 Å². The molecule has 2 amide bonds. The molecule has 0 aliphatic rings. The van der Waals surface area contributed by atoms with Gasteiger partial charge >= 0.3 is 0 Å². The maximum atomic E-state index is 12.1. The highest BCUT2D eigenvalue weighted by Gasteiger charge is 2.18. The first-order chi connectivity index (χ1) is 8.82. The first-order valence-electron chi connectivity index (χ1n) is 5.91. The van der Waals surface area contributed by atoms with Crippen LogP contribution in [0.4, 0.5) is 5.69 Å². The number of hydrogen-bond donors (Lipinski definition) is 2. The molecule has 3 N–H and O–H groups in total. The van der Waals surface area contributed by atoms with E-state index >= 15 is 0 Å². The van der Waals surface area contributed by atoms with E-state index in [-0.39, 0.29) is 29.4 Å². The average Bonchev–Trinajstić information content (AvgIpc) is 2.30. The summed E-state index contributed by atoms with van der Waals surface area (Å²) in [7, 11) is 1.54. The molecule has 0 aliphatic carbocycles. The molecule has 19 heavy (non-hydrogen) atoms. The number of carbonyl (C=O) groups is 2. The Hall–Kier alpha value is -1.75. The normalized spacial score (nSPS) is 10.4. The monoisotopic (exact) mass is 283 g/mol. The zero-order valence-corrected chi connectivity index (χ0v) is 12.0. The van der Waals surface area contributed by atoms with Crippen molar-refractivity contribution in [2.45, 2.75) is 19.9 Å². The third kappa shape index (κ3) is 4.13. The highest BCUT2D eigenvalue weighted by Crippen LogP contribution is 2.23. The minimum atomic E-state index is -0.337. The second-order valence-electron chi connectivity index (χ2n) is 4.59. The molecule has 1 aromatic rings. The van der Waals surface area contributed by atoms with Gasteiger partial charge in [-0.1, -0.05) is 17.7 Å². The molecule has 1 aromatic carbocycles. The van der Waals surface area contributed by atoms with E-state index in [0.29, 0.717) is 11.3 Å². The van der Waals surface area contributed by atoms with Gasteiger partial charge in [-0.2, -0.15) is 0 Å². The highest BCUT2D eigenvalue weighted by atomic mass is 35.5. The number of halogens is 1. The summed E-state index contributed by atoms with van der Waals surface area (Å²) < 4.78 is 0. The van der Waals surface area contributed by atoms with Gasteiger partial charge in [-0.15, -0.1) is 0 Å². The summed E-state index contributed by atoms with van der Waals surface area (Å²) >= 11 is 5.98. The zero-order valence-electron chi connectivity index (χ0n) is 11.2. The zero-order chi connectivity index (χ0) is 14.6. The molecule has 0 aliphatic heterocycles. The Kier molecular flexibility index (Phi) is 5.18. The summed E-state index contributed by atoms with van der Waals surface area (Å²) in [5.41, 5.74) is 6.28. The molecule has 0 atom stereocenters. The first kappa shape index (κ1) is 15.3. The van der Waals surface area contributed by atoms with Crippen molar-refractivity contribution in [2.24, 2.45) is 0 Å².